The molecular weight excluding hydrogens is 382 g/mol. The van der Waals surface area contributed by atoms with Gasteiger partial charge >= 0.3 is 0 Å². The molecule has 1 amide bonds. The molecule has 2 aromatic carbocycles. The Kier molecular flexibility index (Phi) is 4.32. The van der Waals surface area contributed by atoms with Crippen molar-refractivity contribution in [1.29, 1.82) is 0 Å². The standard InChI is InChI=1S/C14H9F3INO/c1-7-2-3-8(4-12(7)18)14(20)19-9-5-10(15)13(17)11(16)6-9/h2-6H,1H3,(H,19,20). The number of benzene rings is 2. The second-order valence-electron chi connectivity index (χ2n) is 4.17. The highest BCUT2D eigenvalue weighted by Gasteiger charge is 2.13. The predicted molar refractivity (Wildman–Crippen MR) is 78.2 cm³/mol. The van der Waals surface area contributed by atoms with Crippen molar-refractivity contribution in [2.45, 2.75) is 6.92 Å². The van der Waals surface area contributed by atoms with Crippen LogP contribution in [0.3, 0.4) is 0 Å². The molecular formula is C14H9F3INO. The van der Waals surface area contributed by atoms with Crippen LogP contribution in [0.1, 0.15) is 15.9 Å². The van der Waals surface area contributed by atoms with Crippen LogP contribution in [0.5, 0.6) is 0 Å². The molecule has 0 aliphatic heterocycles. The molecule has 0 bridgehead atoms. The number of hydrogen-bond donors (Lipinski definition) is 1. The van der Waals surface area contributed by atoms with Gasteiger partial charge in [0, 0.05) is 27.0 Å². The molecule has 104 valence electrons. The minimum atomic E-state index is -1.56. The summed E-state index contributed by atoms with van der Waals surface area (Å²) in [5, 5.41) is 2.32. The second-order valence-corrected chi connectivity index (χ2v) is 5.33. The number of nitrogens with one attached hydrogen (secondary N) is 1. The molecule has 20 heavy (non-hydrogen) atoms. The van der Waals surface area contributed by atoms with Gasteiger partial charge in [0.15, 0.2) is 17.5 Å². The molecule has 2 aromatic rings. The fraction of sp³-hybridized carbons (Fsp3) is 0.0714. The first kappa shape index (κ1) is 14.8. The van der Waals surface area contributed by atoms with Gasteiger partial charge in [-0.05, 0) is 47.2 Å². The summed E-state index contributed by atoms with van der Waals surface area (Å²) in [6.45, 7) is 1.90. The number of rotatable bonds is 2. The highest BCUT2D eigenvalue weighted by molar-refractivity contribution is 14.1. The molecule has 0 aliphatic rings. The number of carbonyl (C=O) groups is 1. The number of anilines is 1. The van der Waals surface area contributed by atoms with E-state index < -0.39 is 23.4 Å². The molecule has 0 unspecified atom stereocenters. The first-order valence-electron chi connectivity index (χ1n) is 5.60. The summed E-state index contributed by atoms with van der Waals surface area (Å²) in [5.41, 5.74) is 1.23. The number of carbonyl (C=O) groups excluding carboxylic acids is 1. The topological polar surface area (TPSA) is 29.1 Å². The molecule has 2 nitrogen and oxygen atoms in total. The zero-order chi connectivity index (χ0) is 14.9. The average Bonchev–Trinajstić information content (AvgIpc) is 2.39. The van der Waals surface area contributed by atoms with E-state index in [2.05, 4.69) is 27.9 Å². The van der Waals surface area contributed by atoms with Gasteiger partial charge in [0.05, 0.1) is 0 Å². The largest absolute Gasteiger partial charge is 0.322 e. The highest BCUT2D eigenvalue weighted by Crippen LogP contribution is 2.19. The van der Waals surface area contributed by atoms with Gasteiger partial charge in [-0.3, -0.25) is 4.79 Å². The summed E-state index contributed by atoms with van der Waals surface area (Å²) < 4.78 is 39.8. The summed E-state index contributed by atoms with van der Waals surface area (Å²) >= 11 is 2.08. The van der Waals surface area contributed by atoms with E-state index in [4.69, 9.17) is 0 Å². The molecule has 0 spiro atoms. The number of amides is 1. The maximum atomic E-state index is 13.0. The van der Waals surface area contributed by atoms with Gasteiger partial charge in [-0.25, -0.2) is 13.2 Å². The zero-order valence-electron chi connectivity index (χ0n) is 10.3. The molecule has 6 heteroatoms. The lowest BCUT2D eigenvalue weighted by atomic mass is 10.1. The van der Waals surface area contributed by atoms with Crippen LogP contribution in [0, 0.1) is 27.9 Å². The van der Waals surface area contributed by atoms with E-state index in [1.54, 1.807) is 18.2 Å². The Morgan fingerprint density at radius 2 is 1.70 bits per heavy atom. The molecule has 1 N–H and O–H groups in total. The fourth-order valence-corrected chi connectivity index (χ4v) is 2.08. The normalized spacial score (nSPS) is 10.4. The van der Waals surface area contributed by atoms with Gasteiger partial charge < -0.3 is 5.32 Å². The van der Waals surface area contributed by atoms with Gasteiger partial charge in [0.2, 0.25) is 0 Å². The lowest BCUT2D eigenvalue weighted by Gasteiger charge is -2.07. The Labute approximate surface area is 127 Å². The predicted octanol–water partition coefficient (Wildman–Crippen LogP) is 4.27. The monoisotopic (exact) mass is 391 g/mol. The third kappa shape index (κ3) is 3.12. The van der Waals surface area contributed by atoms with Crippen LogP contribution < -0.4 is 5.32 Å². The highest BCUT2D eigenvalue weighted by atomic mass is 127. The van der Waals surface area contributed by atoms with Crippen LogP contribution in [-0.4, -0.2) is 5.91 Å². The number of halogens is 4. The third-order valence-electron chi connectivity index (χ3n) is 2.68. The van der Waals surface area contributed by atoms with Crippen LogP contribution in [0.25, 0.3) is 0 Å². The van der Waals surface area contributed by atoms with Gasteiger partial charge in [-0.2, -0.15) is 0 Å². The maximum absolute atomic E-state index is 13.0. The molecule has 0 saturated heterocycles. The van der Waals surface area contributed by atoms with E-state index in [0.717, 1.165) is 21.3 Å². The van der Waals surface area contributed by atoms with E-state index in [1.165, 1.54) is 0 Å². The van der Waals surface area contributed by atoms with Crippen molar-refractivity contribution >= 4 is 34.2 Å². The number of hydrogen-bond acceptors (Lipinski definition) is 1. The first-order valence-corrected chi connectivity index (χ1v) is 6.68. The quantitative estimate of drug-likeness (QED) is 0.602. The molecule has 0 aromatic heterocycles. The summed E-state index contributed by atoms with van der Waals surface area (Å²) in [6, 6.07) is 6.48. The molecule has 0 fully saturated rings. The first-order chi connectivity index (χ1) is 9.38. The fourth-order valence-electron chi connectivity index (χ4n) is 1.57. The SMILES string of the molecule is Cc1ccc(C(=O)Nc2cc(F)c(F)c(F)c2)cc1I. The zero-order valence-corrected chi connectivity index (χ0v) is 12.5. The van der Waals surface area contributed by atoms with Crippen LogP contribution in [0.15, 0.2) is 30.3 Å². The van der Waals surface area contributed by atoms with Crippen LogP contribution >= 0.6 is 22.6 Å². The Balaban J connectivity index is 2.25. The summed E-state index contributed by atoms with van der Waals surface area (Å²) in [4.78, 5) is 11.9. The van der Waals surface area contributed by atoms with Crippen molar-refractivity contribution in [2.75, 3.05) is 5.32 Å². The summed E-state index contributed by atoms with van der Waals surface area (Å²) in [5.74, 6) is -4.78. The summed E-state index contributed by atoms with van der Waals surface area (Å²) in [6.07, 6.45) is 0. The molecule has 0 saturated carbocycles. The Bertz CT molecular complexity index is 665. The van der Waals surface area contributed by atoms with E-state index >= 15 is 0 Å². The van der Waals surface area contributed by atoms with Crippen molar-refractivity contribution in [3.8, 4) is 0 Å². The molecule has 0 atom stereocenters. The Hall–Kier alpha value is -1.57. The van der Waals surface area contributed by atoms with Crippen LogP contribution in [-0.2, 0) is 0 Å². The van der Waals surface area contributed by atoms with E-state index in [9.17, 15) is 18.0 Å². The maximum Gasteiger partial charge on any atom is 0.255 e. The van der Waals surface area contributed by atoms with Crippen molar-refractivity contribution in [3.05, 3.63) is 62.5 Å². The smallest absolute Gasteiger partial charge is 0.255 e. The average molecular weight is 391 g/mol. The van der Waals surface area contributed by atoms with E-state index in [0.29, 0.717) is 5.56 Å². The van der Waals surface area contributed by atoms with Crippen LogP contribution in [0.4, 0.5) is 18.9 Å². The molecule has 2 rings (SSSR count). The number of aryl methyl sites for hydroxylation is 1. The minimum Gasteiger partial charge on any atom is -0.322 e. The van der Waals surface area contributed by atoms with Crippen molar-refractivity contribution in [1.82, 2.24) is 0 Å². The van der Waals surface area contributed by atoms with E-state index in [1.807, 2.05) is 6.92 Å². The van der Waals surface area contributed by atoms with E-state index in [-0.39, 0.29) is 5.69 Å². The lowest BCUT2D eigenvalue weighted by molar-refractivity contribution is 0.102. The minimum absolute atomic E-state index is 0.137. The molecule has 0 heterocycles. The molecule has 0 radical (unpaired) electrons. The molecule has 0 aliphatic carbocycles. The van der Waals surface area contributed by atoms with Crippen molar-refractivity contribution in [2.24, 2.45) is 0 Å². The Morgan fingerprint density at radius 1 is 1.10 bits per heavy atom. The van der Waals surface area contributed by atoms with Crippen LogP contribution in [0.2, 0.25) is 0 Å². The Morgan fingerprint density at radius 3 is 2.25 bits per heavy atom. The van der Waals surface area contributed by atoms with Gasteiger partial charge in [-0.15, -0.1) is 0 Å². The van der Waals surface area contributed by atoms with Gasteiger partial charge in [0.1, 0.15) is 0 Å². The lowest BCUT2D eigenvalue weighted by Crippen LogP contribution is -2.13. The van der Waals surface area contributed by atoms with Crippen molar-refractivity contribution < 1.29 is 18.0 Å². The third-order valence-corrected chi connectivity index (χ3v) is 3.84. The summed E-state index contributed by atoms with van der Waals surface area (Å²) in [7, 11) is 0. The second kappa shape index (κ2) is 5.82. The van der Waals surface area contributed by atoms with Crippen molar-refractivity contribution in [3.63, 3.8) is 0 Å². The van der Waals surface area contributed by atoms with Gasteiger partial charge in [-0.1, -0.05) is 6.07 Å². The van der Waals surface area contributed by atoms with Gasteiger partial charge in [0.25, 0.3) is 5.91 Å².